The first kappa shape index (κ1) is 15.6. The Morgan fingerprint density at radius 1 is 1.48 bits per heavy atom. The van der Waals surface area contributed by atoms with Crippen LogP contribution in [0.25, 0.3) is 0 Å². The minimum atomic E-state index is -0.389. The molecule has 0 aliphatic heterocycles. The molecule has 21 heavy (non-hydrogen) atoms. The van der Waals surface area contributed by atoms with Gasteiger partial charge in [0, 0.05) is 19.7 Å². The number of hydrogen-bond donors (Lipinski definition) is 1. The number of hydrogen-bond acceptors (Lipinski definition) is 2. The number of carbonyl (C=O) groups excluding carboxylic acids is 1. The summed E-state index contributed by atoms with van der Waals surface area (Å²) in [7, 11) is 1.73. The Morgan fingerprint density at radius 3 is 2.90 bits per heavy atom. The minimum Gasteiger partial charge on any atom is -0.491 e. The fraction of sp³-hybridized carbons (Fsp3) is 0.562. The lowest BCUT2D eigenvalue weighted by atomic mass is 10.2. The second-order valence-electron chi connectivity index (χ2n) is 5.60. The molecule has 0 unspecified atom stereocenters. The monoisotopic (exact) mass is 294 g/mol. The molecule has 1 fully saturated rings. The predicted octanol–water partition coefficient (Wildman–Crippen LogP) is 3.88. The van der Waals surface area contributed by atoms with Crippen LogP contribution in [0.3, 0.4) is 0 Å². The molecule has 0 aromatic heterocycles. The van der Waals surface area contributed by atoms with E-state index in [1.54, 1.807) is 18.0 Å². The quantitative estimate of drug-likeness (QED) is 0.829. The number of amides is 2. The zero-order valence-corrected chi connectivity index (χ0v) is 12.7. The zero-order chi connectivity index (χ0) is 15.2. The summed E-state index contributed by atoms with van der Waals surface area (Å²) >= 11 is 0. The number of carbonyl (C=O) groups is 1. The first-order valence-electron chi connectivity index (χ1n) is 7.54. The molecule has 5 heteroatoms. The van der Waals surface area contributed by atoms with Gasteiger partial charge in [0.2, 0.25) is 0 Å². The van der Waals surface area contributed by atoms with Crippen LogP contribution in [0, 0.1) is 11.7 Å². The number of halogens is 1. The summed E-state index contributed by atoms with van der Waals surface area (Å²) in [6.07, 6.45) is 4.33. The van der Waals surface area contributed by atoms with Crippen LogP contribution in [-0.4, -0.2) is 31.1 Å². The van der Waals surface area contributed by atoms with E-state index in [9.17, 15) is 9.18 Å². The van der Waals surface area contributed by atoms with E-state index in [1.165, 1.54) is 25.0 Å². The molecule has 4 nitrogen and oxygen atoms in total. The van der Waals surface area contributed by atoms with E-state index < -0.39 is 0 Å². The molecule has 0 saturated heterocycles. The Balaban J connectivity index is 1.98. The van der Waals surface area contributed by atoms with Crippen LogP contribution in [0.15, 0.2) is 18.2 Å². The number of urea groups is 1. The summed E-state index contributed by atoms with van der Waals surface area (Å²) in [4.78, 5) is 13.7. The Morgan fingerprint density at radius 2 is 2.24 bits per heavy atom. The number of ether oxygens (including phenoxy) is 1. The number of nitrogens with zero attached hydrogens (tertiary/aromatic N) is 1. The molecule has 0 radical (unpaired) electrons. The molecular formula is C16H23FN2O2. The normalized spacial score (nSPS) is 13.9. The summed E-state index contributed by atoms with van der Waals surface area (Å²) in [5.41, 5.74) is 0.393. The van der Waals surface area contributed by atoms with Crippen molar-refractivity contribution in [3.63, 3.8) is 0 Å². The minimum absolute atomic E-state index is 0.245. The first-order chi connectivity index (χ1) is 10.1. The van der Waals surface area contributed by atoms with Crippen molar-refractivity contribution in [2.45, 2.75) is 32.6 Å². The van der Waals surface area contributed by atoms with Gasteiger partial charge in [-0.15, -0.1) is 0 Å². The average molecular weight is 294 g/mol. The molecule has 1 aliphatic carbocycles. The van der Waals surface area contributed by atoms with E-state index in [1.807, 2.05) is 0 Å². The zero-order valence-electron chi connectivity index (χ0n) is 12.7. The molecule has 2 amide bonds. The topological polar surface area (TPSA) is 41.6 Å². The summed E-state index contributed by atoms with van der Waals surface area (Å²) in [6.45, 7) is 3.37. The molecule has 0 spiro atoms. The summed E-state index contributed by atoms with van der Waals surface area (Å²) in [5.74, 6) is 0.742. The van der Waals surface area contributed by atoms with Gasteiger partial charge in [-0.25, -0.2) is 9.18 Å². The fourth-order valence-electron chi connectivity index (χ4n) is 1.93. The number of nitrogens with one attached hydrogen (secondary N) is 1. The SMILES string of the molecule is CCCCN(C)C(=O)Nc1cc(F)ccc1OCC1CC1. The Labute approximate surface area is 125 Å². The van der Waals surface area contributed by atoms with Crippen LogP contribution in [0.5, 0.6) is 5.75 Å². The Kier molecular flexibility index (Phi) is 5.42. The second-order valence-corrected chi connectivity index (χ2v) is 5.60. The smallest absolute Gasteiger partial charge is 0.321 e. The van der Waals surface area contributed by atoms with E-state index in [0.717, 1.165) is 12.8 Å². The number of rotatable bonds is 7. The van der Waals surface area contributed by atoms with Gasteiger partial charge in [-0.3, -0.25) is 0 Å². The lowest BCUT2D eigenvalue weighted by Gasteiger charge is -2.19. The highest BCUT2D eigenvalue weighted by Gasteiger charge is 2.22. The van der Waals surface area contributed by atoms with Crippen molar-refractivity contribution in [3.05, 3.63) is 24.0 Å². The molecule has 0 atom stereocenters. The van der Waals surface area contributed by atoms with E-state index in [2.05, 4.69) is 12.2 Å². The molecule has 2 rings (SSSR count). The maximum absolute atomic E-state index is 13.4. The Bertz CT molecular complexity index is 489. The predicted molar refractivity (Wildman–Crippen MR) is 81.2 cm³/mol. The van der Waals surface area contributed by atoms with Crippen LogP contribution in [0.4, 0.5) is 14.9 Å². The number of benzene rings is 1. The standard InChI is InChI=1S/C16H23FN2O2/c1-3-4-9-19(2)16(20)18-14-10-13(17)7-8-15(14)21-11-12-5-6-12/h7-8,10,12H,3-6,9,11H2,1-2H3,(H,18,20). The molecule has 0 heterocycles. The maximum atomic E-state index is 13.4. The molecule has 1 aromatic carbocycles. The van der Waals surface area contributed by atoms with Gasteiger partial charge in [0.25, 0.3) is 0 Å². The van der Waals surface area contributed by atoms with Gasteiger partial charge in [-0.2, -0.15) is 0 Å². The lowest BCUT2D eigenvalue weighted by molar-refractivity contribution is 0.221. The highest BCUT2D eigenvalue weighted by atomic mass is 19.1. The lowest BCUT2D eigenvalue weighted by Crippen LogP contribution is -2.32. The highest BCUT2D eigenvalue weighted by molar-refractivity contribution is 5.90. The van der Waals surface area contributed by atoms with Crippen LogP contribution in [-0.2, 0) is 0 Å². The number of unbranched alkanes of at least 4 members (excludes halogenated alkanes) is 1. The van der Waals surface area contributed by atoms with Crippen molar-refractivity contribution in [1.82, 2.24) is 4.90 Å². The largest absolute Gasteiger partial charge is 0.491 e. The highest BCUT2D eigenvalue weighted by Crippen LogP contribution is 2.32. The van der Waals surface area contributed by atoms with E-state index in [4.69, 9.17) is 4.74 Å². The summed E-state index contributed by atoms with van der Waals surface area (Å²) < 4.78 is 19.1. The number of anilines is 1. The van der Waals surface area contributed by atoms with Gasteiger partial charge in [0.05, 0.1) is 12.3 Å². The summed E-state index contributed by atoms with van der Waals surface area (Å²) in [5, 5.41) is 2.73. The van der Waals surface area contributed by atoms with Crippen molar-refractivity contribution in [2.75, 3.05) is 25.5 Å². The first-order valence-corrected chi connectivity index (χ1v) is 7.54. The van der Waals surface area contributed by atoms with Gasteiger partial charge < -0.3 is 15.0 Å². The van der Waals surface area contributed by atoms with Crippen molar-refractivity contribution in [2.24, 2.45) is 5.92 Å². The van der Waals surface area contributed by atoms with Crippen molar-refractivity contribution >= 4 is 11.7 Å². The van der Waals surface area contributed by atoms with Crippen molar-refractivity contribution < 1.29 is 13.9 Å². The fourth-order valence-corrected chi connectivity index (χ4v) is 1.93. The second kappa shape index (κ2) is 7.29. The molecule has 1 aromatic rings. The third kappa shape index (κ3) is 4.92. The van der Waals surface area contributed by atoms with E-state index >= 15 is 0 Å². The molecule has 1 aliphatic rings. The molecular weight excluding hydrogens is 271 g/mol. The van der Waals surface area contributed by atoms with Gasteiger partial charge in [-0.05, 0) is 37.3 Å². The third-order valence-corrected chi connectivity index (χ3v) is 3.55. The van der Waals surface area contributed by atoms with E-state index in [0.29, 0.717) is 30.5 Å². The average Bonchev–Trinajstić information content (AvgIpc) is 3.28. The van der Waals surface area contributed by atoms with Gasteiger partial charge in [0.1, 0.15) is 11.6 Å². The van der Waals surface area contributed by atoms with Crippen LogP contribution >= 0.6 is 0 Å². The van der Waals surface area contributed by atoms with Gasteiger partial charge in [0.15, 0.2) is 0 Å². The van der Waals surface area contributed by atoms with Crippen molar-refractivity contribution in [3.8, 4) is 5.75 Å². The molecule has 1 N–H and O–H groups in total. The van der Waals surface area contributed by atoms with Crippen LogP contribution in [0.1, 0.15) is 32.6 Å². The Hall–Kier alpha value is -1.78. The van der Waals surface area contributed by atoms with Crippen molar-refractivity contribution in [1.29, 1.82) is 0 Å². The third-order valence-electron chi connectivity index (χ3n) is 3.55. The van der Waals surface area contributed by atoms with Crippen LogP contribution < -0.4 is 10.1 Å². The molecule has 1 saturated carbocycles. The van der Waals surface area contributed by atoms with Gasteiger partial charge in [-0.1, -0.05) is 13.3 Å². The van der Waals surface area contributed by atoms with Crippen LogP contribution in [0.2, 0.25) is 0 Å². The summed E-state index contributed by atoms with van der Waals surface area (Å²) in [6, 6.07) is 3.97. The van der Waals surface area contributed by atoms with E-state index in [-0.39, 0.29) is 11.8 Å². The maximum Gasteiger partial charge on any atom is 0.321 e. The molecule has 116 valence electrons. The van der Waals surface area contributed by atoms with Gasteiger partial charge >= 0.3 is 6.03 Å². The molecule has 0 bridgehead atoms.